The van der Waals surface area contributed by atoms with Gasteiger partial charge in [0.05, 0.1) is 11.1 Å². The number of nitrogens with zero attached hydrogens (tertiary/aromatic N) is 1. The van der Waals surface area contributed by atoms with Gasteiger partial charge in [0.25, 0.3) is 0 Å². The molecule has 3 aliphatic rings. The highest BCUT2D eigenvalue weighted by Crippen LogP contribution is 2.64. The monoisotopic (exact) mass is 741 g/mol. The highest BCUT2D eigenvalue weighted by atomic mass is 15.1. The molecule has 58 heavy (non-hydrogen) atoms. The Hall–Kier alpha value is -6.96. The second-order valence-corrected chi connectivity index (χ2v) is 16.4. The van der Waals surface area contributed by atoms with Gasteiger partial charge in [-0.1, -0.05) is 178 Å². The molecule has 1 nitrogen and oxygen atoms in total. The molecule has 0 saturated carbocycles. The average Bonchev–Trinajstić information content (AvgIpc) is 3.82. The lowest BCUT2D eigenvalue weighted by Crippen LogP contribution is -2.27. The molecule has 1 spiro atoms. The highest BCUT2D eigenvalue weighted by Gasteiger charge is 2.52. The highest BCUT2D eigenvalue weighted by molar-refractivity contribution is 6.03. The van der Waals surface area contributed by atoms with Gasteiger partial charge < -0.3 is 4.90 Å². The van der Waals surface area contributed by atoms with Crippen molar-refractivity contribution in [3.05, 3.63) is 240 Å². The molecule has 0 fully saturated rings. The van der Waals surface area contributed by atoms with Crippen molar-refractivity contribution in [1.29, 1.82) is 0 Å². The van der Waals surface area contributed by atoms with E-state index >= 15 is 0 Å². The molecule has 11 rings (SSSR count). The van der Waals surface area contributed by atoms with E-state index in [0.29, 0.717) is 0 Å². The van der Waals surface area contributed by atoms with Gasteiger partial charge in [0.2, 0.25) is 0 Å². The van der Waals surface area contributed by atoms with Crippen LogP contribution in [0.5, 0.6) is 0 Å². The van der Waals surface area contributed by atoms with Crippen LogP contribution in [0.15, 0.2) is 206 Å². The van der Waals surface area contributed by atoms with Crippen LogP contribution >= 0.6 is 0 Å². The zero-order valence-corrected chi connectivity index (χ0v) is 33.1. The van der Waals surface area contributed by atoms with E-state index in [1.54, 1.807) is 0 Å². The average molecular weight is 742 g/mol. The zero-order chi connectivity index (χ0) is 39.2. The summed E-state index contributed by atoms with van der Waals surface area (Å²) in [6.07, 6.45) is 6.63. The molecule has 8 aromatic rings. The summed E-state index contributed by atoms with van der Waals surface area (Å²) in [6.45, 7) is 11.4. The lowest BCUT2D eigenvalue weighted by atomic mass is 9.69. The van der Waals surface area contributed by atoms with Gasteiger partial charge in [0.15, 0.2) is 0 Å². The lowest BCUT2D eigenvalue weighted by Gasteiger charge is -2.33. The molecular weight excluding hydrogens is 699 g/mol. The number of allylic oxidation sites excluding steroid dienone is 5. The summed E-state index contributed by atoms with van der Waals surface area (Å²) >= 11 is 0. The summed E-state index contributed by atoms with van der Waals surface area (Å²) in [4.78, 5) is 2.50. The van der Waals surface area contributed by atoms with Crippen molar-refractivity contribution in [3.8, 4) is 33.4 Å². The number of benzene rings is 8. The Balaban J connectivity index is 1.19. The zero-order valence-electron chi connectivity index (χ0n) is 33.1. The van der Waals surface area contributed by atoms with Crippen molar-refractivity contribution < 1.29 is 0 Å². The van der Waals surface area contributed by atoms with Crippen molar-refractivity contribution >= 4 is 33.4 Å². The van der Waals surface area contributed by atoms with E-state index in [1.165, 1.54) is 88.7 Å². The molecule has 0 amide bonds. The minimum atomic E-state index is -0.488. The van der Waals surface area contributed by atoms with Gasteiger partial charge in [0.1, 0.15) is 0 Å². The number of fused-ring (bicyclic) bond motifs is 11. The summed E-state index contributed by atoms with van der Waals surface area (Å²) < 4.78 is 0. The Kier molecular flexibility index (Phi) is 7.56. The molecule has 276 valence electrons. The standard InChI is InChI=1S/C57H43N/c1-5-17-50-43(6-2)55-53(57(50)51-24-14-11-20-44(51)45-21-12-15-25-52(45)57)26-16-27-54(55)58(42-32-33-49-47(36-42)46-22-10-13-23-48(46)56(49,3)4)41-31-30-39-34-38(28-29-40(39)35-41)37-18-8-7-9-19-37/h5-36H,2H2,1,3-4H3/b17-5-. The fourth-order valence-electron chi connectivity index (χ4n) is 10.7. The molecule has 0 saturated heterocycles. The largest absolute Gasteiger partial charge is 0.310 e. The van der Waals surface area contributed by atoms with Crippen LogP contribution in [0, 0.1) is 0 Å². The van der Waals surface area contributed by atoms with E-state index < -0.39 is 5.41 Å². The molecule has 0 atom stereocenters. The fraction of sp³-hybridized carbons (Fsp3) is 0.0877. The SMILES string of the molecule is C=CC1=C(/C=C\C)C2(c3ccccc3-c3ccccc32)c2cccc(N(c3ccc4c(c3)-c3ccccc3C4(C)C)c3ccc4cc(-c5ccccc5)ccc4c3)c21. The van der Waals surface area contributed by atoms with E-state index in [4.69, 9.17) is 0 Å². The van der Waals surface area contributed by atoms with Gasteiger partial charge in [0, 0.05) is 22.4 Å². The van der Waals surface area contributed by atoms with Crippen LogP contribution in [0.25, 0.3) is 49.7 Å². The first kappa shape index (κ1) is 34.3. The minimum absolute atomic E-state index is 0.0849. The summed E-state index contributed by atoms with van der Waals surface area (Å²) in [5, 5.41) is 2.42. The third kappa shape index (κ3) is 4.65. The van der Waals surface area contributed by atoms with Gasteiger partial charge in [-0.3, -0.25) is 0 Å². The Bertz CT molecular complexity index is 3020. The fourth-order valence-corrected chi connectivity index (χ4v) is 10.7. The second kappa shape index (κ2) is 12.8. The first-order chi connectivity index (χ1) is 28.4. The molecule has 0 heterocycles. The van der Waals surface area contributed by atoms with E-state index in [2.05, 4.69) is 226 Å². The molecule has 0 bridgehead atoms. The van der Waals surface area contributed by atoms with Crippen molar-refractivity contribution in [2.24, 2.45) is 0 Å². The smallest absolute Gasteiger partial charge is 0.0726 e. The summed E-state index contributed by atoms with van der Waals surface area (Å²) in [5.74, 6) is 0. The Labute approximate surface area is 341 Å². The van der Waals surface area contributed by atoms with Gasteiger partial charge in [-0.05, 0) is 126 Å². The Morgan fingerprint density at radius 1 is 0.483 bits per heavy atom. The molecule has 3 aliphatic carbocycles. The summed E-state index contributed by atoms with van der Waals surface area (Å²) in [5.41, 5.74) is 20.8. The molecule has 0 N–H and O–H groups in total. The van der Waals surface area contributed by atoms with E-state index in [9.17, 15) is 0 Å². The van der Waals surface area contributed by atoms with Crippen molar-refractivity contribution in [2.45, 2.75) is 31.6 Å². The quantitative estimate of drug-likeness (QED) is 0.164. The lowest BCUT2D eigenvalue weighted by molar-refractivity contribution is 0.660. The third-order valence-electron chi connectivity index (χ3n) is 13.2. The predicted octanol–water partition coefficient (Wildman–Crippen LogP) is 15.1. The summed E-state index contributed by atoms with van der Waals surface area (Å²) in [6, 6.07) is 65.5. The molecule has 0 aromatic heterocycles. The van der Waals surface area contributed by atoms with Crippen LogP contribution in [-0.2, 0) is 10.8 Å². The van der Waals surface area contributed by atoms with E-state index in [-0.39, 0.29) is 5.41 Å². The van der Waals surface area contributed by atoms with Crippen LogP contribution in [0.3, 0.4) is 0 Å². The maximum absolute atomic E-state index is 4.54. The van der Waals surface area contributed by atoms with Crippen LogP contribution in [0.1, 0.15) is 54.2 Å². The normalized spacial score (nSPS) is 15.0. The maximum Gasteiger partial charge on any atom is 0.0726 e. The van der Waals surface area contributed by atoms with Gasteiger partial charge in [-0.25, -0.2) is 0 Å². The van der Waals surface area contributed by atoms with Crippen LogP contribution in [0.2, 0.25) is 0 Å². The predicted molar refractivity (Wildman–Crippen MR) is 245 cm³/mol. The minimum Gasteiger partial charge on any atom is -0.310 e. The van der Waals surface area contributed by atoms with Crippen LogP contribution in [0.4, 0.5) is 17.1 Å². The van der Waals surface area contributed by atoms with Gasteiger partial charge in [-0.15, -0.1) is 0 Å². The molecule has 1 heteroatoms. The molecule has 0 unspecified atom stereocenters. The van der Waals surface area contributed by atoms with Gasteiger partial charge >= 0.3 is 0 Å². The number of hydrogen-bond donors (Lipinski definition) is 0. The molecular formula is C57H43N. The molecule has 8 aromatic carbocycles. The maximum atomic E-state index is 4.54. The number of hydrogen-bond acceptors (Lipinski definition) is 1. The van der Waals surface area contributed by atoms with Crippen LogP contribution in [-0.4, -0.2) is 0 Å². The first-order valence-electron chi connectivity index (χ1n) is 20.4. The van der Waals surface area contributed by atoms with Crippen molar-refractivity contribution in [1.82, 2.24) is 0 Å². The van der Waals surface area contributed by atoms with E-state index in [0.717, 1.165) is 17.1 Å². The second-order valence-electron chi connectivity index (χ2n) is 16.4. The topological polar surface area (TPSA) is 3.24 Å². The van der Waals surface area contributed by atoms with Crippen molar-refractivity contribution in [3.63, 3.8) is 0 Å². The Morgan fingerprint density at radius 2 is 1.05 bits per heavy atom. The number of anilines is 3. The third-order valence-corrected chi connectivity index (χ3v) is 13.2. The molecule has 0 radical (unpaired) electrons. The summed E-state index contributed by atoms with van der Waals surface area (Å²) in [7, 11) is 0. The van der Waals surface area contributed by atoms with Crippen molar-refractivity contribution in [2.75, 3.05) is 4.90 Å². The Morgan fingerprint density at radius 3 is 1.76 bits per heavy atom. The number of rotatable bonds is 6. The van der Waals surface area contributed by atoms with E-state index in [1.807, 2.05) is 0 Å². The van der Waals surface area contributed by atoms with Crippen LogP contribution < -0.4 is 4.90 Å². The van der Waals surface area contributed by atoms with Gasteiger partial charge in [-0.2, -0.15) is 0 Å². The molecule has 0 aliphatic heterocycles. The first-order valence-corrected chi connectivity index (χ1v) is 20.4.